The Hall–Kier alpha value is -6.17. The minimum Gasteiger partial charge on any atom is -0.379 e. The van der Waals surface area contributed by atoms with Gasteiger partial charge >= 0.3 is 18.1 Å². The molecule has 1 rings (SSSR count). The fraction of sp³-hybridized carbons (Fsp3) is 0.768. The van der Waals surface area contributed by atoms with Crippen LogP contribution in [-0.2, 0) is 43.1 Å². The first-order valence-corrected chi connectivity index (χ1v) is 28.3. The zero-order chi connectivity index (χ0) is 61.5. The predicted molar refractivity (Wildman–Crippen MR) is 305 cm³/mol. The van der Waals surface area contributed by atoms with Gasteiger partial charge in [-0.1, -0.05) is 80.9 Å². The largest absolute Gasteiger partial charge is 0.379 e. The molecule has 456 valence electrons. The fourth-order valence-electron chi connectivity index (χ4n) is 9.48. The van der Waals surface area contributed by atoms with Gasteiger partial charge in [0.1, 0.15) is 42.3 Å². The molecule has 1 aliphatic heterocycles. The number of likely N-dealkylation sites (tertiary alicyclic amines) is 1. The number of carbonyl (C=O) groups is 11. The van der Waals surface area contributed by atoms with Crippen molar-refractivity contribution >= 4 is 65.4 Å². The lowest BCUT2D eigenvalue weighted by atomic mass is 9.94. The van der Waals surface area contributed by atoms with E-state index < -0.39 is 119 Å². The maximum Gasteiger partial charge on any atom is 0.334 e. The number of carbonyl (C=O) groups excluding carboxylic acids is 11. The second kappa shape index (κ2) is 34.9. The van der Waals surface area contributed by atoms with Crippen molar-refractivity contribution < 1.29 is 57.5 Å². The molecule has 24 heteroatoms. The molecule has 1 fully saturated rings. The summed E-state index contributed by atoms with van der Waals surface area (Å²) in [6.07, 6.45) is 8.82. The normalized spacial score (nSPS) is 15.8. The summed E-state index contributed by atoms with van der Waals surface area (Å²) in [6.45, 7) is 21.7. The summed E-state index contributed by atoms with van der Waals surface area (Å²) in [5.41, 5.74) is 5.40. The molecular formula is C56H100N12O12. The standard InChI is InChI=1S/C56H100N12O12/c1-19-22-27-38(10)33-42(62(13)53(76)46(37(8)9)64(15)55(78)67(18)56(79)66(17)49(72)39(11)58-44(69)21-3)47(70)59-40(20-2)50(73)63(14)43(34-80-31-26-30-68-28-24-23-25-29-68)51(74)61(12)41(32-35(4)5)48(71)60-45(36(6)7)52(75)65(16)54(57)77/h19,22,35-43,45-46H,20-21,23-34H2,1-18H3,(H2,57,77)(H,58,69)(H,59,70)(H,60,71)/b22-19+/t38-,39+,40+,41+,42+,43-,45-,46+/m1/s1. The van der Waals surface area contributed by atoms with Crippen molar-refractivity contribution in [1.29, 1.82) is 0 Å². The Morgan fingerprint density at radius 2 is 1.15 bits per heavy atom. The van der Waals surface area contributed by atoms with Gasteiger partial charge in [0, 0.05) is 68.9 Å². The van der Waals surface area contributed by atoms with Crippen molar-refractivity contribution in [2.75, 3.05) is 82.2 Å². The van der Waals surface area contributed by atoms with Gasteiger partial charge < -0.3 is 50.9 Å². The summed E-state index contributed by atoms with van der Waals surface area (Å²) >= 11 is 0. The molecule has 0 spiro atoms. The molecule has 0 radical (unpaired) electrons. The number of rotatable bonds is 30. The lowest BCUT2D eigenvalue weighted by Gasteiger charge is -2.39. The topological polar surface area (TPSA) is 285 Å². The molecule has 0 unspecified atom stereocenters. The fourth-order valence-corrected chi connectivity index (χ4v) is 9.48. The number of urea groups is 3. The smallest absolute Gasteiger partial charge is 0.334 e. The average molecular weight is 1130 g/mol. The monoisotopic (exact) mass is 1130 g/mol. The molecule has 1 heterocycles. The minimum absolute atomic E-state index is 0.0521. The molecule has 0 aromatic heterocycles. The van der Waals surface area contributed by atoms with Gasteiger partial charge in [-0.2, -0.15) is 0 Å². The first-order valence-electron chi connectivity index (χ1n) is 28.3. The Labute approximate surface area is 476 Å². The van der Waals surface area contributed by atoms with Gasteiger partial charge in [0.25, 0.3) is 11.8 Å². The van der Waals surface area contributed by atoms with E-state index in [-0.39, 0.29) is 50.7 Å². The van der Waals surface area contributed by atoms with E-state index in [0.717, 1.165) is 44.4 Å². The summed E-state index contributed by atoms with van der Waals surface area (Å²) in [5.74, 6) is -6.58. The zero-order valence-corrected chi connectivity index (χ0v) is 51.5. The Bertz CT molecular complexity index is 2130. The van der Waals surface area contributed by atoms with Gasteiger partial charge in [0.15, 0.2) is 0 Å². The summed E-state index contributed by atoms with van der Waals surface area (Å²) < 4.78 is 6.17. The van der Waals surface area contributed by atoms with Gasteiger partial charge in [-0.25, -0.2) is 19.3 Å². The van der Waals surface area contributed by atoms with E-state index in [9.17, 15) is 52.7 Å². The molecule has 5 N–H and O–H groups in total. The van der Waals surface area contributed by atoms with E-state index in [2.05, 4.69) is 20.9 Å². The molecule has 0 saturated carbocycles. The van der Waals surface area contributed by atoms with E-state index in [1.165, 1.54) is 70.3 Å². The second-order valence-corrected chi connectivity index (χ2v) is 22.4. The van der Waals surface area contributed by atoms with Crippen LogP contribution in [0.25, 0.3) is 0 Å². The van der Waals surface area contributed by atoms with E-state index in [1.807, 2.05) is 39.8 Å². The zero-order valence-electron chi connectivity index (χ0n) is 51.5. The highest BCUT2D eigenvalue weighted by molar-refractivity contribution is 6.04. The van der Waals surface area contributed by atoms with Crippen molar-refractivity contribution in [2.24, 2.45) is 29.4 Å². The summed E-state index contributed by atoms with van der Waals surface area (Å²) in [4.78, 5) is 161. The van der Waals surface area contributed by atoms with Crippen LogP contribution in [0.2, 0.25) is 0 Å². The number of likely N-dealkylation sites (N-methyl/N-ethyl adjacent to an activating group) is 6. The summed E-state index contributed by atoms with van der Waals surface area (Å²) in [6, 6.07) is -11.3. The number of ether oxygens (including phenoxy) is 1. The number of imide groups is 3. The maximum atomic E-state index is 14.9. The Kier molecular flexibility index (Phi) is 31.3. The first kappa shape index (κ1) is 71.8. The van der Waals surface area contributed by atoms with E-state index in [0.29, 0.717) is 27.5 Å². The van der Waals surface area contributed by atoms with Gasteiger partial charge in [-0.05, 0) is 95.6 Å². The van der Waals surface area contributed by atoms with Crippen LogP contribution in [0, 0.1) is 23.7 Å². The molecule has 8 atom stereocenters. The SMILES string of the molecule is C/C=C/C[C@@H](C)C[C@@H](C(=O)N[C@@H](CC)C(=O)N(C)[C@H](COCCCN1CCCCC1)C(=O)N(C)[C@@H](CC(C)C)C(=O)N[C@@H](C(=O)N(C)C(N)=O)C(C)C)N(C)C(=O)[C@H](C(C)C)N(C)C(=O)N(C)C(=O)N(C)C(=O)[C@H](C)NC(=O)CC. The van der Waals surface area contributed by atoms with Crippen molar-refractivity contribution in [1.82, 2.24) is 55.1 Å². The predicted octanol–water partition coefficient (Wildman–Crippen LogP) is 3.47. The molecule has 24 nitrogen and oxygen atoms in total. The highest BCUT2D eigenvalue weighted by atomic mass is 16.5. The van der Waals surface area contributed by atoms with Crippen LogP contribution in [0.3, 0.4) is 0 Å². The number of nitrogens with zero attached hydrogens (tertiary/aromatic N) is 8. The van der Waals surface area contributed by atoms with Crippen LogP contribution in [0.1, 0.15) is 134 Å². The third kappa shape index (κ3) is 21.4. The second-order valence-electron chi connectivity index (χ2n) is 22.4. The van der Waals surface area contributed by atoms with Crippen molar-refractivity contribution in [3.63, 3.8) is 0 Å². The number of hydrogen-bond acceptors (Lipinski definition) is 13. The third-order valence-corrected chi connectivity index (χ3v) is 14.7. The Balaban J connectivity index is 3.72. The molecule has 0 aromatic rings. The molecule has 0 aliphatic carbocycles. The van der Waals surface area contributed by atoms with Gasteiger partial charge in [0.2, 0.25) is 35.4 Å². The number of hydrogen-bond donors (Lipinski definition) is 4. The van der Waals surface area contributed by atoms with E-state index in [1.54, 1.807) is 41.5 Å². The highest BCUT2D eigenvalue weighted by Gasteiger charge is 2.43. The average Bonchev–Trinajstić information content (AvgIpc) is 3.43. The van der Waals surface area contributed by atoms with Crippen LogP contribution >= 0.6 is 0 Å². The van der Waals surface area contributed by atoms with Crippen molar-refractivity contribution in [3.8, 4) is 0 Å². The molecule has 80 heavy (non-hydrogen) atoms. The summed E-state index contributed by atoms with van der Waals surface area (Å²) in [7, 11) is 9.15. The maximum absolute atomic E-state index is 14.9. The Morgan fingerprint density at radius 1 is 0.600 bits per heavy atom. The molecule has 0 aromatic carbocycles. The molecule has 1 aliphatic rings. The van der Waals surface area contributed by atoms with Crippen LogP contribution in [0.5, 0.6) is 0 Å². The molecular weight excluding hydrogens is 1030 g/mol. The number of allylic oxidation sites excluding steroid dienone is 2. The molecule has 1 saturated heterocycles. The van der Waals surface area contributed by atoms with Crippen LogP contribution in [0.4, 0.5) is 14.4 Å². The molecule has 14 amide bonds. The van der Waals surface area contributed by atoms with Gasteiger partial charge in [-0.3, -0.25) is 48.2 Å². The minimum atomic E-state index is -1.31. The van der Waals surface area contributed by atoms with Gasteiger partial charge in [-0.15, -0.1) is 0 Å². The number of amides is 14. The van der Waals surface area contributed by atoms with Gasteiger partial charge in [0.05, 0.1) is 6.61 Å². The number of nitrogens with two attached hydrogens (primary N) is 1. The Morgan fingerprint density at radius 3 is 1.66 bits per heavy atom. The number of nitrogens with one attached hydrogen (secondary N) is 3. The third-order valence-electron chi connectivity index (χ3n) is 14.7. The highest BCUT2D eigenvalue weighted by Crippen LogP contribution is 2.23. The lowest BCUT2D eigenvalue weighted by Crippen LogP contribution is -2.62. The number of piperidine rings is 1. The summed E-state index contributed by atoms with van der Waals surface area (Å²) in [5, 5.41) is 8.10. The van der Waals surface area contributed by atoms with E-state index >= 15 is 0 Å². The van der Waals surface area contributed by atoms with Crippen LogP contribution in [0.15, 0.2) is 12.2 Å². The lowest BCUT2D eigenvalue weighted by molar-refractivity contribution is -0.152. The van der Waals surface area contributed by atoms with Crippen LogP contribution < -0.4 is 21.7 Å². The molecule has 0 bridgehead atoms. The first-order chi connectivity index (χ1) is 37.3. The quantitative estimate of drug-likeness (QED) is 0.0593. The van der Waals surface area contributed by atoms with Crippen molar-refractivity contribution in [2.45, 2.75) is 176 Å². The number of primary amides is 1. The van der Waals surface area contributed by atoms with Crippen molar-refractivity contribution in [3.05, 3.63) is 12.2 Å². The van der Waals surface area contributed by atoms with E-state index in [4.69, 9.17) is 10.5 Å². The van der Waals surface area contributed by atoms with Crippen LogP contribution in [-0.4, -0.2) is 229 Å².